The molecule has 90 valence electrons. The second-order valence-electron chi connectivity index (χ2n) is 4.42. The molecule has 0 fully saturated rings. The highest BCUT2D eigenvalue weighted by atomic mass is 19.1. The Hall–Kier alpha value is -0.930. The topological polar surface area (TPSA) is 29.3 Å². The predicted octanol–water partition coefficient (Wildman–Crippen LogP) is 2.30. The second-order valence-corrected chi connectivity index (χ2v) is 4.42. The Morgan fingerprint density at radius 3 is 2.56 bits per heavy atom. The molecule has 0 aromatic heterocycles. The Bertz CT molecular complexity index is 337. The molecule has 2 N–H and O–H groups in total. The van der Waals surface area contributed by atoms with Gasteiger partial charge >= 0.3 is 0 Å². The molecule has 0 spiro atoms. The van der Waals surface area contributed by atoms with Crippen LogP contribution in [0, 0.1) is 12.7 Å². The van der Waals surface area contributed by atoms with Crippen molar-refractivity contribution in [3.63, 3.8) is 0 Å². The highest BCUT2D eigenvalue weighted by Gasteiger charge is 2.10. The van der Waals surface area contributed by atoms with Gasteiger partial charge in [-0.25, -0.2) is 4.39 Å². The fourth-order valence-corrected chi connectivity index (χ4v) is 1.74. The number of aryl methyl sites for hydroxylation is 1. The summed E-state index contributed by atoms with van der Waals surface area (Å²) in [4.78, 5) is 2.29. The molecule has 3 heteroatoms. The van der Waals surface area contributed by atoms with Gasteiger partial charge in [0.2, 0.25) is 0 Å². The van der Waals surface area contributed by atoms with E-state index in [9.17, 15) is 4.39 Å². The van der Waals surface area contributed by atoms with E-state index in [-0.39, 0.29) is 5.82 Å². The smallest absolute Gasteiger partial charge is 0.123 e. The number of hydrogen-bond donors (Lipinski definition) is 1. The van der Waals surface area contributed by atoms with Crippen molar-refractivity contribution in [1.82, 2.24) is 4.90 Å². The standard InChI is InChI=1S/C13H21FN2/c1-10(2)16(7-6-15)9-12-4-5-13(14)8-11(12)3/h4-5,8,10H,6-7,9,15H2,1-3H3. The summed E-state index contributed by atoms with van der Waals surface area (Å²) >= 11 is 0. The molecule has 0 amide bonds. The van der Waals surface area contributed by atoms with Crippen molar-refractivity contribution in [3.05, 3.63) is 35.1 Å². The Morgan fingerprint density at radius 2 is 2.06 bits per heavy atom. The number of nitrogens with zero attached hydrogens (tertiary/aromatic N) is 1. The zero-order chi connectivity index (χ0) is 12.1. The third-order valence-corrected chi connectivity index (χ3v) is 2.82. The molecule has 1 aromatic carbocycles. The van der Waals surface area contributed by atoms with Crippen molar-refractivity contribution >= 4 is 0 Å². The van der Waals surface area contributed by atoms with Gasteiger partial charge in [-0.2, -0.15) is 0 Å². The lowest BCUT2D eigenvalue weighted by Crippen LogP contribution is -2.34. The van der Waals surface area contributed by atoms with Gasteiger partial charge in [0, 0.05) is 25.7 Å². The Kier molecular flexibility index (Phi) is 4.90. The van der Waals surface area contributed by atoms with E-state index in [2.05, 4.69) is 18.7 Å². The van der Waals surface area contributed by atoms with Crippen molar-refractivity contribution < 1.29 is 4.39 Å². The van der Waals surface area contributed by atoms with Crippen LogP contribution in [-0.2, 0) is 6.54 Å². The van der Waals surface area contributed by atoms with Gasteiger partial charge in [-0.1, -0.05) is 6.07 Å². The van der Waals surface area contributed by atoms with Crippen molar-refractivity contribution in [3.8, 4) is 0 Å². The molecule has 0 aliphatic carbocycles. The third-order valence-electron chi connectivity index (χ3n) is 2.82. The minimum absolute atomic E-state index is 0.170. The lowest BCUT2D eigenvalue weighted by Gasteiger charge is -2.26. The van der Waals surface area contributed by atoms with Crippen LogP contribution in [0.25, 0.3) is 0 Å². The van der Waals surface area contributed by atoms with Crippen LogP contribution in [0.3, 0.4) is 0 Å². The van der Waals surface area contributed by atoms with Crippen molar-refractivity contribution in [2.45, 2.75) is 33.4 Å². The molecule has 0 aliphatic heterocycles. The molecule has 0 saturated heterocycles. The molecular weight excluding hydrogens is 203 g/mol. The summed E-state index contributed by atoms with van der Waals surface area (Å²) in [5.41, 5.74) is 7.75. The monoisotopic (exact) mass is 224 g/mol. The zero-order valence-electron chi connectivity index (χ0n) is 10.3. The van der Waals surface area contributed by atoms with Crippen LogP contribution >= 0.6 is 0 Å². The van der Waals surface area contributed by atoms with Gasteiger partial charge in [0.15, 0.2) is 0 Å². The zero-order valence-corrected chi connectivity index (χ0v) is 10.3. The minimum Gasteiger partial charge on any atom is -0.329 e. The summed E-state index contributed by atoms with van der Waals surface area (Å²) in [6.07, 6.45) is 0. The maximum atomic E-state index is 13.0. The molecule has 0 saturated carbocycles. The van der Waals surface area contributed by atoms with Gasteiger partial charge in [0.25, 0.3) is 0 Å². The molecule has 0 aliphatic rings. The van der Waals surface area contributed by atoms with E-state index in [1.54, 1.807) is 6.07 Å². The second kappa shape index (κ2) is 5.97. The van der Waals surface area contributed by atoms with Gasteiger partial charge in [-0.15, -0.1) is 0 Å². The molecule has 1 rings (SSSR count). The molecule has 0 atom stereocenters. The number of nitrogens with two attached hydrogens (primary N) is 1. The summed E-state index contributed by atoms with van der Waals surface area (Å²) in [5.74, 6) is -0.170. The summed E-state index contributed by atoms with van der Waals surface area (Å²) < 4.78 is 13.0. The number of benzene rings is 1. The largest absolute Gasteiger partial charge is 0.329 e. The van der Waals surface area contributed by atoms with Crippen molar-refractivity contribution in [2.24, 2.45) is 5.73 Å². The Balaban J connectivity index is 2.77. The fourth-order valence-electron chi connectivity index (χ4n) is 1.74. The number of rotatable bonds is 5. The van der Waals surface area contributed by atoms with Crippen LogP contribution in [0.15, 0.2) is 18.2 Å². The Morgan fingerprint density at radius 1 is 1.38 bits per heavy atom. The maximum absolute atomic E-state index is 13.0. The molecule has 0 heterocycles. The molecular formula is C13H21FN2. The van der Waals surface area contributed by atoms with Gasteiger partial charge < -0.3 is 5.73 Å². The summed E-state index contributed by atoms with van der Waals surface area (Å²) in [6, 6.07) is 5.41. The molecule has 0 radical (unpaired) electrons. The lowest BCUT2D eigenvalue weighted by molar-refractivity contribution is 0.219. The highest BCUT2D eigenvalue weighted by molar-refractivity contribution is 5.26. The van der Waals surface area contributed by atoms with Crippen LogP contribution in [0.5, 0.6) is 0 Å². The van der Waals surface area contributed by atoms with Crippen molar-refractivity contribution in [2.75, 3.05) is 13.1 Å². The number of hydrogen-bond acceptors (Lipinski definition) is 2. The third kappa shape index (κ3) is 3.58. The molecule has 0 bridgehead atoms. The van der Waals surface area contributed by atoms with E-state index < -0.39 is 0 Å². The average Bonchev–Trinajstić information content (AvgIpc) is 2.20. The van der Waals surface area contributed by atoms with E-state index in [4.69, 9.17) is 5.73 Å². The van der Waals surface area contributed by atoms with Gasteiger partial charge in [-0.3, -0.25) is 4.90 Å². The summed E-state index contributed by atoms with van der Waals surface area (Å²) in [5, 5.41) is 0. The highest BCUT2D eigenvalue weighted by Crippen LogP contribution is 2.14. The molecule has 0 unspecified atom stereocenters. The van der Waals surface area contributed by atoms with Gasteiger partial charge in [0.1, 0.15) is 5.82 Å². The predicted molar refractivity (Wildman–Crippen MR) is 65.7 cm³/mol. The first kappa shape index (κ1) is 13.1. The van der Waals surface area contributed by atoms with Crippen LogP contribution in [0.4, 0.5) is 4.39 Å². The first-order valence-corrected chi connectivity index (χ1v) is 5.73. The minimum atomic E-state index is -0.170. The maximum Gasteiger partial charge on any atom is 0.123 e. The van der Waals surface area contributed by atoms with E-state index in [1.165, 1.54) is 11.6 Å². The van der Waals surface area contributed by atoms with Gasteiger partial charge in [-0.05, 0) is 44.0 Å². The first-order chi connectivity index (χ1) is 7.54. The summed E-state index contributed by atoms with van der Waals surface area (Å²) in [7, 11) is 0. The van der Waals surface area contributed by atoms with E-state index in [0.29, 0.717) is 12.6 Å². The van der Waals surface area contributed by atoms with E-state index in [1.807, 2.05) is 13.0 Å². The van der Waals surface area contributed by atoms with E-state index in [0.717, 1.165) is 18.7 Å². The quantitative estimate of drug-likeness (QED) is 0.831. The molecule has 16 heavy (non-hydrogen) atoms. The molecule has 1 aromatic rings. The summed E-state index contributed by atoms with van der Waals surface area (Å²) in [6.45, 7) is 8.59. The first-order valence-electron chi connectivity index (χ1n) is 5.73. The van der Waals surface area contributed by atoms with E-state index >= 15 is 0 Å². The van der Waals surface area contributed by atoms with Gasteiger partial charge in [0.05, 0.1) is 0 Å². The van der Waals surface area contributed by atoms with Crippen LogP contribution in [-0.4, -0.2) is 24.0 Å². The van der Waals surface area contributed by atoms with Crippen LogP contribution in [0.2, 0.25) is 0 Å². The van der Waals surface area contributed by atoms with Crippen molar-refractivity contribution in [1.29, 1.82) is 0 Å². The fraction of sp³-hybridized carbons (Fsp3) is 0.538. The van der Waals surface area contributed by atoms with Crippen LogP contribution in [0.1, 0.15) is 25.0 Å². The SMILES string of the molecule is Cc1cc(F)ccc1CN(CCN)C(C)C. The Labute approximate surface area is 97.3 Å². The van der Waals surface area contributed by atoms with Crippen LogP contribution < -0.4 is 5.73 Å². The molecule has 2 nitrogen and oxygen atoms in total. The lowest BCUT2D eigenvalue weighted by atomic mass is 10.1. The normalized spacial score (nSPS) is 11.4. The number of halogens is 1. The average molecular weight is 224 g/mol.